The summed E-state index contributed by atoms with van der Waals surface area (Å²) < 4.78 is 5.04. The van der Waals surface area contributed by atoms with Crippen molar-refractivity contribution in [2.75, 3.05) is 5.32 Å². The van der Waals surface area contributed by atoms with Gasteiger partial charge in [-0.2, -0.15) is 0 Å². The van der Waals surface area contributed by atoms with Gasteiger partial charge >= 0.3 is 0 Å². The minimum Gasteiger partial charge on any atom is -0.449 e. The Bertz CT molecular complexity index is 286. The Morgan fingerprint density at radius 1 is 1.50 bits per heavy atom. The summed E-state index contributed by atoms with van der Waals surface area (Å²) in [6.07, 6.45) is 7.15. The number of rotatable bonds is 3. The monoisotopic (exact) mass is 193 g/mol. The molecular weight excluding hydrogens is 178 g/mol. The van der Waals surface area contributed by atoms with Crippen LogP contribution in [0, 0.1) is 5.92 Å². The third-order valence-corrected chi connectivity index (χ3v) is 2.73. The lowest BCUT2D eigenvalue weighted by Gasteiger charge is -2.07. The second-order valence-electron chi connectivity index (χ2n) is 3.88. The number of carbonyl (C=O) groups is 1. The standard InChI is InChI=1S/C11H15NO2/c13-10(8-9-4-1-2-5-9)12-11-6-3-7-14-11/h3,6-7,9H,1-2,4-5,8H2,(H,12,13). The SMILES string of the molecule is O=C(CC1CCCC1)Nc1ccco1. The molecule has 3 nitrogen and oxygen atoms in total. The topological polar surface area (TPSA) is 42.2 Å². The van der Waals surface area contributed by atoms with Gasteiger partial charge < -0.3 is 4.42 Å². The van der Waals surface area contributed by atoms with Crippen molar-refractivity contribution in [2.24, 2.45) is 5.92 Å². The molecule has 0 radical (unpaired) electrons. The van der Waals surface area contributed by atoms with Crippen molar-refractivity contribution in [3.8, 4) is 0 Å². The molecule has 14 heavy (non-hydrogen) atoms. The van der Waals surface area contributed by atoms with Gasteiger partial charge in [-0.3, -0.25) is 10.1 Å². The first-order chi connectivity index (χ1) is 6.84. The van der Waals surface area contributed by atoms with Crippen LogP contribution in [0.3, 0.4) is 0 Å². The van der Waals surface area contributed by atoms with Gasteiger partial charge in [0.25, 0.3) is 0 Å². The molecule has 3 heteroatoms. The Kier molecular flexibility index (Phi) is 2.87. The number of anilines is 1. The molecule has 1 heterocycles. The first kappa shape index (κ1) is 9.31. The van der Waals surface area contributed by atoms with Crippen LogP contribution in [0.25, 0.3) is 0 Å². The van der Waals surface area contributed by atoms with Crippen LogP contribution >= 0.6 is 0 Å². The molecule has 76 valence electrons. The molecule has 0 atom stereocenters. The summed E-state index contributed by atoms with van der Waals surface area (Å²) in [7, 11) is 0. The fraction of sp³-hybridized carbons (Fsp3) is 0.545. The fourth-order valence-electron chi connectivity index (χ4n) is 2.01. The third-order valence-electron chi connectivity index (χ3n) is 2.73. The maximum atomic E-state index is 11.5. The zero-order valence-electron chi connectivity index (χ0n) is 8.16. The Labute approximate surface area is 83.5 Å². The van der Waals surface area contributed by atoms with Gasteiger partial charge in [0.05, 0.1) is 6.26 Å². The van der Waals surface area contributed by atoms with Crippen LogP contribution in [0.5, 0.6) is 0 Å². The first-order valence-electron chi connectivity index (χ1n) is 5.18. The highest BCUT2D eigenvalue weighted by Gasteiger charge is 2.18. The lowest BCUT2D eigenvalue weighted by atomic mass is 10.0. The molecule has 0 aliphatic heterocycles. The summed E-state index contributed by atoms with van der Waals surface area (Å²) in [6.45, 7) is 0. The van der Waals surface area contributed by atoms with Gasteiger partial charge in [0.2, 0.25) is 5.91 Å². The highest BCUT2D eigenvalue weighted by atomic mass is 16.3. The molecule has 1 aromatic rings. The Hall–Kier alpha value is -1.25. The summed E-state index contributed by atoms with van der Waals surface area (Å²) in [4.78, 5) is 11.5. The minimum atomic E-state index is 0.0758. The second-order valence-corrected chi connectivity index (χ2v) is 3.88. The van der Waals surface area contributed by atoms with E-state index in [4.69, 9.17) is 4.42 Å². The van der Waals surface area contributed by atoms with Crippen LogP contribution in [0.4, 0.5) is 5.88 Å². The van der Waals surface area contributed by atoms with E-state index in [1.165, 1.54) is 25.7 Å². The second kappa shape index (κ2) is 4.31. The number of hydrogen-bond donors (Lipinski definition) is 1. The maximum Gasteiger partial charge on any atom is 0.226 e. The van der Waals surface area contributed by atoms with E-state index >= 15 is 0 Å². The molecule has 1 aromatic heterocycles. The van der Waals surface area contributed by atoms with Crippen LogP contribution in [0.15, 0.2) is 22.8 Å². The van der Waals surface area contributed by atoms with Crippen LogP contribution < -0.4 is 5.32 Å². The van der Waals surface area contributed by atoms with Crippen molar-refractivity contribution >= 4 is 11.8 Å². The molecule has 1 fully saturated rings. The molecule has 0 unspecified atom stereocenters. The van der Waals surface area contributed by atoms with E-state index in [0.29, 0.717) is 18.2 Å². The highest BCUT2D eigenvalue weighted by Crippen LogP contribution is 2.27. The number of nitrogens with one attached hydrogen (secondary N) is 1. The molecule has 1 aliphatic rings. The largest absolute Gasteiger partial charge is 0.449 e. The van der Waals surface area contributed by atoms with Gasteiger partial charge in [-0.05, 0) is 24.8 Å². The van der Waals surface area contributed by atoms with E-state index in [1.54, 1.807) is 18.4 Å². The van der Waals surface area contributed by atoms with E-state index in [2.05, 4.69) is 5.32 Å². The normalized spacial score (nSPS) is 17.1. The average molecular weight is 193 g/mol. The molecule has 1 aliphatic carbocycles. The Morgan fingerprint density at radius 2 is 2.29 bits per heavy atom. The smallest absolute Gasteiger partial charge is 0.226 e. The molecule has 0 bridgehead atoms. The van der Waals surface area contributed by atoms with Gasteiger partial charge in [-0.15, -0.1) is 0 Å². The van der Waals surface area contributed by atoms with E-state index < -0.39 is 0 Å². The first-order valence-corrected chi connectivity index (χ1v) is 5.18. The van der Waals surface area contributed by atoms with Gasteiger partial charge in [-0.1, -0.05) is 12.8 Å². The quantitative estimate of drug-likeness (QED) is 0.802. The lowest BCUT2D eigenvalue weighted by molar-refractivity contribution is -0.117. The maximum absolute atomic E-state index is 11.5. The summed E-state index contributed by atoms with van der Waals surface area (Å²) in [6, 6.07) is 3.53. The molecule has 0 saturated heterocycles. The zero-order chi connectivity index (χ0) is 9.80. The number of amides is 1. The summed E-state index contributed by atoms with van der Waals surface area (Å²) in [5.74, 6) is 1.21. The van der Waals surface area contributed by atoms with Gasteiger partial charge in [0.15, 0.2) is 5.88 Å². The number of carbonyl (C=O) groups excluding carboxylic acids is 1. The molecule has 2 rings (SSSR count). The molecule has 0 spiro atoms. The predicted octanol–water partition coefficient (Wildman–Crippen LogP) is 2.80. The third kappa shape index (κ3) is 2.37. The molecule has 1 amide bonds. The van der Waals surface area contributed by atoms with E-state index in [1.807, 2.05) is 0 Å². The van der Waals surface area contributed by atoms with Crippen LogP contribution in [-0.4, -0.2) is 5.91 Å². The molecule has 1 N–H and O–H groups in total. The molecule has 0 aromatic carbocycles. The predicted molar refractivity (Wildman–Crippen MR) is 53.9 cm³/mol. The van der Waals surface area contributed by atoms with E-state index in [-0.39, 0.29) is 5.91 Å². The summed E-state index contributed by atoms with van der Waals surface area (Å²) >= 11 is 0. The number of furan rings is 1. The molecular formula is C11H15NO2. The Morgan fingerprint density at radius 3 is 2.93 bits per heavy atom. The fourth-order valence-corrected chi connectivity index (χ4v) is 2.01. The number of hydrogen-bond acceptors (Lipinski definition) is 2. The van der Waals surface area contributed by atoms with Crippen molar-refractivity contribution < 1.29 is 9.21 Å². The van der Waals surface area contributed by atoms with Crippen molar-refractivity contribution in [2.45, 2.75) is 32.1 Å². The Balaban J connectivity index is 1.78. The average Bonchev–Trinajstić information content (AvgIpc) is 2.76. The van der Waals surface area contributed by atoms with Crippen molar-refractivity contribution in [3.05, 3.63) is 18.4 Å². The minimum absolute atomic E-state index is 0.0758. The lowest BCUT2D eigenvalue weighted by Crippen LogP contribution is -2.14. The highest BCUT2D eigenvalue weighted by molar-refractivity contribution is 5.89. The van der Waals surface area contributed by atoms with Gasteiger partial charge in [0, 0.05) is 12.5 Å². The van der Waals surface area contributed by atoms with Gasteiger partial charge in [-0.25, -0.2) is 0 Å². The molecule has 1 saturated carbocycles. The van der Waals surface area contributed by atoms with Crippen molar-refractivity contribution in [3.63, 3.8) is 0 Å². The summed E-state index contributed by atoms with van der Waals surface area (Å²) in [5, 5.41) is 2.74. The van der Waals surface area contributed by atoms with Crippen LogP contribution in [-0.2, 0) is 4.79 Å². The van der Waals surface area contributed by atoms with Crippen molar-refractivity contribution in [1.82, 2.24) is 0 Å². The van der Waals surface area contributed by atoms with E-state index in [9.17, 15) is 4.79 Å². The van der Waals surface area contributed by atoms with Crippen LogP contribution in [0.2, 0.25) is 0 Å². The zero-order valence-corrected chi connectivity index (χ0v) is 8.16. The summed E-state index contributed by atoms with van der Waals surface area (Å²) in [5.41, 5.74) is 0. The van der Waals surface area contributed by atoms with Crippen LogP contribution in [0.1, 0.15) is 32.1 Å². The van der Waals surface area contributed by atoms with Crippen molar-refractivity contribution in [1.29, 1.82) is 0 Å². The van der Waals surface area contributed by atoms with E-state index in [0.717, 1.165) is 0 Å². The van der Waals surface area contributed by atoms with Gasteiger partial charge in [0.1, 0.15) is 0 Å².